The molecule has 38 heavy (non-hydrogen) atoms. The van der Waals surface area contributed by atoms with Crippen molar-refractivity contribution in [3.8, 4) is 0 Å². The number of carbonyl (C=O) groups is 3. The topological polar surface area (TPSA) is 98.2 Å². The second-order valence-corrected chi connectivity index (χ2v) is 12.2. The van der Waals surface area contributed by atoms with Crippen LogP contribution in [0.5, 0.6) is 0 Å². The van der Waals surface area contributed by atoms with Crippen molar-refractivity contribution >= 4 is 29.5 Å². The molecule has 7 atom stereocenters. The molecule has 0 saturated carbocycles. The van der Waals surface area contributed by atoms with Gasteiger partial charge in [0.05, 0.1) is 29.2 Å². The molecule has 3 unspecified atom stereocenters. The van der Waals surface area contributed by atoms with Crippen LogP contribution in [-0.4, -0.2) is 73.0 Å². The number of carboxylic acids is 1. The highest BCUT2D eigenvalue weighted by Crippen LogP contribution is 2.69. The summed E-state index contributed by atoms with van der Waals surface area (Å²) in [6.45, 7) is 6.21. The van der Waals surface area contributed by atoms with E-state index in [-0.39, 0.29) is 29.6 Å². The Morgan fingerprint density at radius 1 is 1.16 bits per heavy atom. The van der Waals surface area contributed by atoms with Crippen LogP contribution in [0, 0.1) is 17.8 Å². The van der Waals surface area contributed by atoms with Crippen molar-refractivity contribution in [2.24, 2.45) is 17.8 Å². The first kappa shape index (κ1) is 26.5. The number of rotatable bonds is 10. The van der Waals surface area contributed by atoms with Gasteiger partial charge in [-0.15, -0.1) is 18.3 Å². The number of aliphatic carboxylic acids is 1. The average molecular weight is 535 g/mol. The highest BCUT2D eigenvalue weighted by atomic mass is 32.2. The Labute approximate surface area is 227 Å². The molecular weight excluding hydrogens is 500 g/mol. The molecule has 2 aromatic rings. The van der Waals surface area contributed by atoms with Gasteiger partial charge in [0.15, 0.2) is 0 Å². The first-order valence-electron chi connectivity index (χ1n) is 13.1. The molecule has 3 heterocycles. The smallest absolute Gasteiger partial charge is 0.308 e. The van der Waals surface area contributed by atoms with E-state index in [1.54, 1.807) is 15.9 Å². The minimum absolute atomic E-state index is 0.0284. The van der Waals surface area contributed by atoms with E-state index in [0.29, 0.717) is 25.9 Å². The van der Waals surface area contributed by atoms with E-state index in [9.17, 15) is 24.6 Å². The fourth-order valence-corrected chi connectivity index (χ4v) is 9.31. The zero-order chi connectivity index (χ0) is 27.0. The molecule has 1 spiro atoms. The first-order chi connectivity index (χ1) is 18.3. The van der Waals surface area contributed by atoms with Gasteiger partial charge in [-0.3, -0.25) is 14.4 Å². The van der Waals surface area contributed by atoms with Gasteiger partial charge in [0.1, 0.15) is 6.04 Å². The molecule has 3 saturated heterocycles. The summed E-state index contributed by atoms with van der Waals surface area (Å²) in [5.41, 5.74) is 1.89. The molecule has 3 fully saturated rings. The Morgan fingerprint density at radius 2 is 1.79 bits per heavy atom. The fraction of sp³-hybridized carbons (Fsp3) is 0.433. The van der Waals surface area contributed by atoms with Gasteiger partial charge >= 0.3 is 5.97 Å². The number of carbonyl (C=O) groups excluding carboxylic acids is 2. The Hall–Kier alpha value is -3.10. The van der Waals surface area contributed by atoms with Crippen molar-refractivity contribution in [1.29, 1.82) is 0 Å². The summed E-state index contributed by atoms with van der Waals surface area (Å²) in [5.74, 6) is -3.22. The molecule has 2 bridgehead atoms. The van der Waals surface area contributed by atoms with E-state index in [2.05, 4.69) is 6.58 Å². The Balaban J connectivity index is 1.59. The summed E-state index contributed by atoms with van der Waals surface area (Å²) in [6.07, 6.45) is 2.69. The summed E-state index contributed by atoms with van der Waals surface area (Å²) in [4.78, 5) is 44.5. The zero-order valence-electron chi connectivity index (χ0n) is 21.5. The zero-order valence-corrected chi connectivity index (χ0v) is 22.3. The van der Waals surface area contributed by atoms with E-state index in [0.717, 1.165) is 11.1 Å². The lowest BCUT2D eigenvalue weighted by molar-refractivity contribution is -0.150. The quantitative estimate of drug-likeness (QED) is 0.455. The van der Waals surface area contributed by atoms with Crippen LogP contribution >= 0.6 is 11.8 Å². The summed E-state index contributed by atoms with van der Waals surface area (Å²) in [7, 11) is 0. The number of hydrogen-bond donors (Lipinski definition) is 2. The van der Waals surface area contributed by atoms with Crippen LogP contribution in [0.15, 0.2) is 73.3 Å². The SMILES string of the molecule is C=CCN(Cc1ccccc1)C(=O)C1N([C@@H](CO)Cc2ccccc2)C(=O)[C@@H]2[C@@H](C(=O)O)[C@H]3CC(C)C12S3. The number of hydrogen-bond acceptors (Lipinski definition) is 5. The summed E-state index contributed by atoms with van der Waals surface area (Å²) in [6, 6.07) is 17.7. The maximum atomic E-state index is 14.6. The largest absolute Gasteiger partial charge is 0.481 e. The summed E-state index contributed by atoms with van der Waals surface area (Å²) < 4.78 is -0.859. The van der Waals surface area contributed by atoms with Gasteiger partial charge < -0.3 is 20.0 Å². The second-order valence-electron chi connectivity index (χ2n) is 10.7. The molecular formula is C30H34N2O5S. The van der Waals surface area contributed by atoms with Crippen LogP contribution in [0.25, 0.3) is 0 Å². The number of likely N-dealkylation sites (tertiary alicyclic amines) is 1. The van der Waals surface area contributed by atoms with E-state index >= 15 is 0 Å². The van der Waals surface area contributed by atoms with Gasteiger partial charge in [0.25, 0.3) is 0 Å². The third kappa shape index (κ3) is 4.24. The molecule has 3 aliphatic heterocycles. The molecule has 5 rings (SSSR count). The number of fused-ring (bicyclic) bond motifs is 1. The predicted molar refractivity (Wildman–Crippen MR) is 146 cm³/mol. The van der Waals surface area contributed by atoms with Gasteiger partial charge in [-0.05, 0) is 29.9 Å². The van der Waals surface area contributed by atoms with Crippen molar-refractivity contribution in [2.45, 2.75) is 48.4 Å². The highest BCUT2D eigenvalue weighted by Gasteiger charge is 2.77. The third-order valence-electron chi connectivity index (χ3n) is 8.50. The Morgan fingerprint density at radius 3 is 2.37 bits per heavy atom. The molecule has 0 aromatic heterocycles. The number of thioether (sulfide) groups is 1. The molecule has 0 aliphatic carbocycles. The molecule has 2 amide bonds. The van der Waals surface area contributed by atoms with Gasteiger partial charge in [-0.25, -0.2) is 0 Å². The van der Waals surface area contributed by atoms with Gasteiger partial charge in [0, 0.05) is 18.3 Å². The van der Waals surface area contributed by atoms with Crippen LogP contribution in [0.2, 0.25) is 0 Å². The monoisotopic (exact) mass is 534 g/mol. The fourth-order valence-electron chi connectivity index (χ4n) is 6.92. The van der Waals surface area contributed by atoms with E-state index in [1.165, 1.54) is 11.8 Å². The lowest BCUT2D eigenvalue weighted by atomic mass is 9.66. The maximum absolute atomic E-state index is 14.6. The Bertz CT molecular complexity index is 1210. The van der Waals surface area contributed by atoms with Gasteiger partial charge in [0.2, 0.25) is 11.8 Å². The number of benzene rings is 2. The number of carboxylic acid groups (broad SMARTS) is 1. The molecule has 8 heteroatoms. The predicted octanol–water partition coefficient (Wildman–Crippen LogP) is 3.23. The molecule has 7 nitrogen and oxygen atoms in total. The van der Waals surface area contributed by atoms with Crippen LogP contribution in [0.3, 0.4) is 0 Å². The summed E-state index contributed by atoms with van der Waals surface area (Å²) in [5, 5.41) is 20.5. The van der Waals surface area contributed by atoms with Crippen molar-refractivity contribution in [1.82, 2.24) is 9.80 Å². The van der Waals surface area contributed by atoms with E-state index < -0.39 is 34.6 Å². The van der Waals surface area contributed by atoms with Gasteiger partial charge in [-0.1, -0.05) is 73.7 Å². The number of aliphatic hydroxyl groups is 1. The molecule has 2 N–H and O–H groups in total. The van der Waals surface area contributed by atoms with Crippen LogP contribution < -0.4 is 0 Å². The third-order valence-corrected chi connectivity index (χ3v) is 10.6. The van der Waals surface area contributed by atoms with Crippen LogP contribution in [-0.2, 0) is 27.3 Å². The lowest BCUT2D eigenvalue weighted by Gasteiger charge is -2.42. The highest BCUT2D eigenvalue weighted by molar-refractivity contribution is 8.02. The standard InChI is InChI=1S/C30H34N2O5S/c1-3-14-31(17-21-12-8-5-9-13-21)28(35)26-30-19(2)15-23(38-30)24(29(36)37)25(30)27(34)32(26)22(18-33)16-20-10-6-4-7-11-20/h3-13,19,22-26,33H,1,14-18H2,2H3,(H,36,37)/t19?,22-,23-,24+,25+,26?,30?/m1/s1. The summed E-state index contributed by atoms with van der Waals surface area (Å²) >= 11 is 1.52. The first-order valence-corrected chi connectivity index (χ1v) is 14.0. The molecule has 200 valence electrons. The van der Waals surface area contributed by atoms with E-state index in [1.807, 2.05) is 67.6 Å². The average Bonchev–Trinajstić information content (AvgIpc) is 3.51. The number of aliphatic hydroxyl groups excluding tert-OH is 1. The van der Waals surface area contributed by atoms with Crippen molar-refractivity contribution < 1.29 is 24.6 Å². The second kappa shape index (κ2) is 10.6. The maximum Gasteiger partial charge on any atom is 0.308 e. The normalized spacial score (nSPS) is 30.2. The molecule has 2 aromatic carbocycles. The number of amides is 2. The van der Waals surface area contributed by atoms with Crippen molar-refractivity contribution in [3.05, 3.63) is 84.4 Å². The molecule has 3 aliphatic rings. The van der Waals surface area contributed by atoms with Crippen LogP contribution in [0.4, 0.5) is 0 Å². The van der Waals surface area contributed by atoms with Crippen molar-refractivity contribution in [3.63, 3.8) is 0 Å². The minimum Gasteiger partial charge on any atom is -0.481 e. The minimum atomic E-state index is -0.987. The number of nitrogens with zero attached hydrogens (tertiary/aromatic N) is 2. The van der Waals surface area contributed by atoms with Gasteiger partial charge in [-0.2, -0.15) is 0 Å². The van der Waals surface area contributed by atoms with E-state index in [4.69, 9.17) is 0 Å². The lowest BCUT2D eigenvalue weighted by Crippen LogP contribution is -2.59. The van der Waals surface area contributed by atoms with Crippen LogP contribution in [0.1, 0.15) is 24.5 Å². The van der Waals surface area contributed by atoms with Crippen molar-refractivity contribution in [2.75, 3.05) is 13.2 Å². The molecule has 0 radical (unpaired) electrons. The Kier molecular flexibility index (Phi) is 7.38.